The summed E-state index contributed by atoms with van der Waals surface area (Å²) in [6, 6.07) is 89.8. The Kier molecular flexibility index (Phi) is 9.68. The minimum atomic E-state index is 1.09. The molecule has 10 aromatic carbocycles. The molecular formula is C58H41N. The lowest BCUT2D eigenvalue weighted by molar-refractivity contribution is 1.28. The minimum Gasteiger partial charge on any atom is -0.310 e. The molecule has 59 heavy (non-hydrogen) atoms. The molecule has 10 aromatic rings. The predicted octanol–water partition coefficient (Wildman–Crippen LogP) is 16.3. The summed E-state index contributed by atoms with van der Waals surface area (Å²) >= 11 is 0. The van der Waals surface area contributed by atoms with E-state index in [4.69, 9.17) is 0 Å². The molecule has 1 nitrogen and oxygen atoms in total. The summed E-state index contributed by atoms with van der Waals surface area (Å²) in [5.41, 5.74) is 17.7. The van der Waals surface area contributed by atoms with E-state index in [1.807, 2.05) is 0 Å². The zero-order valence-electron chi connectivity index (χ0n) is 32.6. The van der Waals surface area contributed by atoms with E-state index < -0.39 is 0 Å². The van der Waals surface area contributed by atoms with Crippen LogP contribution in [0.1, 0.15) is 0 Å². The van der Waals surface area contributed by atoms with E-state index in [2.05, 4.69) is 254 Å². The van der Waals surface area contributed by atoms with Gasteiger partial charge in [-0.1, -0.05) is 206 Å². The Morgan fingerprint density at radius 3 is 1.20 bits per heavy atom. The van der Waals surface area contributed by atoms with Gasteiger partial charge in [-0.05, 0) is 120 Å². The van der Waals surface area contributed by atoms with Gasteiger partial charge in [0.15, 0.2) is 0 Å². The lowest BCUT2D eigenvalue weighted by Crippen LogP contribution is -2.10. The van der Waals surface area contributed by atoms with E-state index in [1.54, 1.807) is 0 Å². The monoisotopic (exact) mass is 751 g/mol. The highest BCUT2D eigenvalue weighted by Crippen LogP contribution is 2.43. The normalized spacial score (nSPS) is 11.1. The first kappa shape index (κ1) is 35.7. The number of hydrogen-bond acceptors (Lipinski definition) is 1. The maximum absolute atomic E-state index is 2.37. The number of nitrogens with zero attached hydrogens (tertiary/aromatic N) is 1. The van der Waals surface area contributed by atoms with Gasteiger partial charge in [-0.15, -0.1) is 0 Å². The first-order valence-electron chi connectivity index (χ1n) is 20.3. The maximum atomic E-state index is 2.37. The van der Waals surface area contributed by atoms with Crippen molar-refractivity contribution in [3.05, 3.63) is 249 Å². The van der Waals surface area contributed by atoms with Crippen molar-refractivity contribution in [1.29, 1.82) is 0 Å². The van der Waals surface area contributed by atoms with Crippen LogP contribution in [0.5, 0.6) is 0 Å². The van der Waals surface area contributed by atoms with Crippen molar-refractivity contribution in [2.75, 3.05) is 4.90 Å². The fraction of sp³-hybridized carbons (Fsp3) is 0. The fourth-order valence-corrected chi connectivity index (χ4v) is 8.36. The summed E-state index contributed by atoms with van der Waals surface area (Å²) in [5.74, 6) is 0. The average Bonchev–Trinajstić information content (AvgIpc) is 3.33. The molecule has 0 aliphatic carbocycles. The van der Waals surface area contributed by atoms with Crippen molar-refractivity contribution in [2.45, 2.75) is 0 Å². The average molecular weight is 752 g/mol. The Morgan fingerprint density at radius 1 is 0.203 bits per heavy atom. The molecule has 0 spiro atoms. The van der Waals surface area contributed by atoms with Crippen LogP contribution >= 0.6 is 0 Å². The van der Waals surface area contributed by atoms with Crippen molar-refractivity contribution < 1.29 is 0 Å². The number of rotatable bonds is 9. The summed E-state index contributed by atoms with van der Waals surface area (Å²) in [5, 5.41) is 2.50. The summed E-state index contributed by atoms with van der Waals surface area (Å²) in [4.78, 5) is 2.37. The quantitative estimate of drug-likeness (QED) is 0.142. The standard InChI is InChI=1S/C58H41N/c1-5-16-42(17-6-1)43-28-33-50(34-29-43)59(52-37-39-54(45-18-7-2-8-19-45)58(41-52)48-22-11-4-12-23-48)51-35-30-44(31-36-51)49-32-38-56(57(40-49)47-20-9-3-10-21-47)55-27-15-25-46-24-13-14-26-53(46)55/h1-41H. The summed E-state index contributed by atoms with van der Waals surface area (Å²) in [6.07, 6.45) is 0. The van der Waals surface area contributed by atoms with Crippen LogP contribution < -0.4 is 4.90 Å². The molecule has 0 radical (unpaired) electrons. The Bertz CT molecular complexity index is 2990. The molecule has 0 N–H and O–H groups in total. The van der Waals surface area contributed by atoms with Crippen molar-refractivity contribution in [3.63, 3.8) is 0 Å². The minimum absolute atomic E-state index is 1.09. The Hall–Kier alpha value is -7.74. The van der Waals surface area contributed by atoms with E-state index in [0.29, 0.717) is 0 Å². The molecule has 0 unspecified atom stereocenters. The van der Waals surface area contributed by atoms with Gasteiger partial charge >= 0.3 is 0 Å². The number of benzene rings is 10. The molecule has 0 aliphatic heterocycles. The van der Waals surface area contributed by atoms with Gasteiger partial charge in [-0.3, -0.25) is 0 Å². The third-order valence-electron chi connectivity index (χ3n) is 11.3. The van der Waals surface area contributed by atoms with Crippen LogP contribution in [0.15, 0.2) is 249 Å². The first-order chi connectivity index (χ1) is 29.3. The van der Waals surface area contributed by atoms with Crippen LogP contribution in [-0.2, 0) is 0 Å². The summed E-state index contributed by atoms with van der Waals surface area (Å²) in [7, 11) is 0. The lowest BCUT2D eigenvalue weighted by atomic mass is 9.89. The molecule has 10 rings (SSSR count). The smallest absolute Gasteiger partial charge is 0.0468 e. The molecule has 0 aliphatic rings. The van der Waals surface area contributed by atoms with Gasteiger partial charge in [-0.2, -0.15) is 0 Å². The van der Waals surface area contributed by atoms with E-state index in [-0.39, 0.29) is 0 Å². The highest BCUT2D eigenvalue weighted by molar-refractivity contribution is 6.01. The van der Waals surface area contributed by atoms with E-state index in [0.717, 1.165) is 17.1 Å². The molecule has 0 saturated heterocycles. The molecule has 0 aromatic heterocycles. The van der Waals surface area contributed by atoms with Gasteiger partial charge in [0, 0.05) is 17.1 Å². The molecule has 0 saturated carbocycles. The van der Waals surface area contributed by atoms with Crippen LogP contribution in [-0.4, -0.2) is 0 Å². The number of hydrogen-bond donors (Lipinski definition) is 0. The molecule has 0 heterocycles. The second-order valence-electron chi connectivity index (χ2n) is 14.9. The number of fused-ring (bicyclic) bond motifs is 1. The van der Waals surface area contributed by atoms with Crippen molar-refractivity contribution >= 4 is 27.8 Å². The maximum Gasteiger partial charge on any atom is 0.0468 e. The van der Waals surface area contributed by atoms with Gasteiger partial charge in [0.1, 0.15) is 0 Å². The zero-order chi connectivity index (χ0) is 39.4. The fourth-order valence-electron chi connectivity index (χ4n) is 8.36. The SMILES string of the molecule is c1ccc(-c2ccc(N(c3ccc(-c4ccc(-c5cccc6ccccc56)c(-c5ccccc5)c4)cc3)c3ccc(-c4ccccc4)c(-c4ccccc4)c3)cc2)cc1. The van der Waals surface area contributed by atoms with E-state index in [9.17, 15) is 0 Å². The molecule has 1 heteroatoms. The summed E-state index contributed by atoms with van der Waals surface area (Å²) < 4.78 is 0. The van der Waals surface area contributed by atoms with Crippen molar-refractivity contribution in [2.24, 2.45) is 0 Å². The third-order valence-corrected chi connectivity index (χ3v) is 11.3. The molecule has 0 bridgehead atoms. The number of anilines is 3. The van der Waals surface area contributed by atoms with Gasteiger partial charge < -0.3 is 4.90 Å². The Labute approximate surface area is 346 Å². The topological polar surface area (TPSA) is 3.24 Å². The zero-order valence-corrected chi connectivity index (χ0v) is 32.6. The van der Waals surface area contributed by atoms with Crippen molar-refractivity contribution in [1.82, 2.24) is 0 Å². The van der Waals surface area contributed by atoms with Crippen LogP contribution in [0, 0.1) is 0 Å². The molecule has 0 amide bonds. The van der Waals surface area contributed by atoms with Gasteiger partial charge in [-0.25, -0.2) is 0 Å². The van der Waals surface area contributed by atoms with Crippen LogP contribution in [0.4, 0.5) is 17.1 Å². The lowest BCUT2D eigenvalue weighted by Gasteiger charge is -2.27. The Morgan fingerprint density at radius 2 is 0.610 bits per heavy atom. The molecule has 278 valence electrons. The highest BCUT2D eigenvalue weighted by atomic mass is 15.1. The van der Waals surface area contributed by atoms with Gasteiger partial charge in [0.05, 0.1) is 0 Å². The molecule has 0 atom stereocenters. The predicted molar refractivity (Wildman–Crippen MR) is 251 cm³/mol. The second-order valence-corrected chi connectivity index (χ2v) is 14.9. The molecular weight excluding hydrogens is 711 g/mol. The van der Waals surface area contributed by atoms with Crippen molar-refractivity contribution in [3.8, 4) is 66.8 Å². The van der Waals surface area contributed by atoms with Crippen LogP contribution in [0.2, 0.25) is 0 Å². The van der Waals surface area contributed by atoms with Crippen LogP contribution in [0.3, 0.4) is 0 Å². The second kappa shape index (κ2) is 16.0. The van der Waals surface area contributed by atoms with Gasteiger partial charge in [0.2, 0.25) is 0 Å². The van der Waals surface area contributed by atoms with Crippen LogP contribution in [0.25, 0.3) is 77.5 Å². The largest absolute Gasteiger partial charge is 0.310 e. The van der Waals surface area contributed by atoms with E-state index >= 15 is 0 Å². The molecule has 0 fully saturated rings. The highest BCUT2D eigenvalue weighted by Gasteiger charge is 2.18. The third kappa shape index (κ3) is 7.23. The summed E-state index contributed by atoms with van der Waals surface area (Å²) in [6.45, 7) is 0. The van der Waals surface area contributed by atoms with Gasteiger partial charge in [0.25, 0.3) is 0 Å². The van der Waals surface area contributed by atoms with E-state index in [1.165, 1.54) is 77.5 Å². The Balaban J connectivity index is 1.08. The first-order valence-corrected chi connectivity index (χ1v) is 20.3.